The number of aryl methyl sites for hydroxylation is 2. The first-order valence-corrected chi connectivity index (χ1v) is 11.2. The van der Waals surface area contributed by atoms with Crippen molar-refractivity contribution in [2.24, 2.45) is 11.8 Å². The fourth-order valence-corrected chi connectivity index (χ4v) is 4.12. The molecule has 0 radical (unpaired) electrons. The number of unbranched alkanes of at least 4 members (excludes halogenated alkanes) is 1. The van der Waals surface area contributed by atoms with E-state index in [9.17, 15) is 9.59 Å². The molecule has 0 heterocycles. The standard InChI is InChI=1S/C26H33NO3/c1-4-5-6-20-9-11-22(12-10-20)26(29)30-23-15-13-21(14-16-23)25(28)27-24-17-18(2)7-8-19(24)3/h7-8,13-17,20,22H,4-6,9-12H2,1-3H3,(H,27,28). The Hall–Kier alpha value is -2.62. The lowest BCUT2D eigenvalue weighted by atomic mass is 9.80. The van der Waals surface area contributed by atoms with Gasteiger partial charge in [-0.25, -0.2) is 0 Å². The van der Waals surface area contributed by atoms with Crippen LogP contribution in [0.1, 0.15) is 73.4 Å². The minimum Gasteiger partial charge on any atom is -0.426 e. The Morgan fingerprint density at radius 3 is 2.37 bits per heavy atom. The number of amides is 1. The lowest BCUT2D eigenvalue weighted by Gasteiger charge is -2.27. The van der Waals surface area contributed by atoms with Crippen LogP contribution >= 0.6 is 0 Å². The van der Waals surface area contributed by atoms with Gasteiger partial charge in [0.25, 0.3) is 5.91 Å². The molecule has 1 aliphatic carbocycles. The molecule has 0 atom stereocenters. The summed E-state index contributed by atoms with van der Waals surface area (Å²) in [6.45, 7) is 6.19. The molecular weight excluding hydrogens is 374 g/mol. The summed E-state index contributed by atoms with van der Waals surface area (Å²) < 4.78 is 5.59. The van der Waals surface area contributed by atoms with Crippen molar-refractivity contribution in [1.82, 2.24) is 0 Å². The van der Waals surface area contributed by atoms with Crippen molar-refractivity contribution in [1.29, 1.82) is 0 Å². The summed E-state index contributed by atoms with van der Waals surface area (Å²) in [6.07, 6.45) is 7.88. The fourth-order valence-electron chi connectivity index (χ4n) is 4.12. The normalized spacial score (nSPS) is 18.6. The van der Waals surface area contributed by atoms with Crippen LogP contribution in [0.25, 0.3) is 0 Å². The van der Waals surface area contributed by atoms with Gasteiger partial charge in [-0.05, 0) is 86.9 Å². The Morgan fingerprint density at radius 1 is 1.00 bits per heavy atom. The van der Waals surface area contributed by atoms with Crippen LogP contribution in [0.15, 0.2) is 42.5 Å². The van der Waals surface area contributed by atoms with Gasteiger partial charge in [-0.2, -0.15) is 0 Å². The average molecular weight is 408 g/mol. The van der Waals surface area contributed by atoms with E-state index in [1.54, 1.807) is 24.3 Å². The number of anilines is 1. The monoisotopic (exact) mass is 407 g/mol. The summed E-state index contributed by atoms with van der Waals surface area (Å²) in [5, 5.41) is 2.95. The van der Waals surface area contributed by atoms with Crippen molar-refractivity contribution in [3.05, 3.63) is 59.2 Å². The van der Waals surface area contributed by atoms with E-state index in [2.05, 4.69) is 12.2 Å². The van der Waals surface area contributed by atoms with Crippen molar-refractivity contribution < 1.29 is 14.3 Å². The van der Waals surface area contributed by atoms with Crippen molar-refractivity contribution in [2.75, 3.05) is 5.32 Å². The molecule has 0 aliphatic heterocycles. The summed E-state index contributed by atoms with van der Waals surface area (Å²) in [6, 6.07) is 12.8. The first-order valence-electron chi connectivity index (χ1n) is 11.2. The smallest absolute Gasteiger partial charge is 0.314 e. The van der Waals surface area contributed by atoms with Crippen LogP contribution < -0.4 is 10.1 Å². The van der Waals surface area contributed by atoms with E-state index >= 15 is 0 Å². The number of carbonyl (C=O) groups excluding carboxylic acids is 2. The van der Waals surface area contributed by atoms with Gasteiger partial charge >= 0.3 is 5.97 Å². The topological polar surface area (TPSA) is 55.4 Å². The highest BCUT2D eigenvalue weighted by molar-refractivity contribution is 6.04. The maximum absolute atomic E-state index is 12.5. The van der Waals surface area contributed by atoms with Gasteiger partial charge in [0.1, 0.15) is 5.75 Å². The highest BCUT2D eigenvalue weighted by Crippen LogP contribution is 2.33. The molecule has 4 nitrogen and oxygen atoms in total. The summed E-state index contributed by atoms with van der Waals surface area (Å²) in [7, 11) is 0. The Morgan fingerprint density at radius 2 is 1.70 bits per heavy atom. The first-order chi connectivity index (χ1) is 14.5. The van der Waals surface area contributed by atoms with E-state index < -0.39 is 0 Å². The Bertz CT molecular complexity index is 864. The molecule has 0 spiro atoms. The third-order valence-electron chi connectivity index (χ3n) is 6.12. The van der Waals surface area contributed by atoms with Crippen molar-refractivity contribution in [3.63, 3.8) is 0 Å². The van der Waals surface area contributed by atoms with Crippen LogP contribution in [-0.2, 0) is 4.79 Å². The van der Waals surface area contributed by atoms with Gasteiger partial charge in [0.05, 0.1) is 5.92 Å². The van der Waals surface area contributed by atoms with Gasteiger partial charge in [-0.1, -0.05) is 38.3 Å². The SMILES string of the molecule is CCCCC1CCC(C(=O)Oc2ccc(C(=O)Nc3cc(C)ccc3C)cc2)CC1. The third-order valence-corrected chi connectivity index (χ3v) is 6.12. The zero-order chi connectivity index (χ0) is 21.5. The number of rotatable bonds is 7. The number of esters is 1. The van der Waals surface area contributed by atoms with Crippen LogP contribution in [-0.4, -0.2) is 11.9 Å². The lowest BCUT2D eigenvalue weighted by Crippen LogP contribution is -2.25. The van der Waals surface area contributed by atoms with E-state index in [0.717, 1.165) is 48.4 Å². The highest BCUT2D eigenvalue weighted by Gasteiger charge is 2.27. The van der Waals surface area contributed by atoms with Crippen molar-refractivity contribution in [2.45, 2.75) is 65.7 Å². The van der Waals surface area contributed by atoms with Gasteiger partial charge in [-0.3, -0.25) is 9.59 Å². The molecule has 1 amide bonds. The van der Waals surface area contributed by atoms with Crippen LogP contribution in [0.5, 0.6) is 5.75 Å². The molecule has 1 N–H and O–H groups in total. The Balaban J connectivity index is 1.52. The first kappa shape index (κ1) is 22.1. The molecule has 30 heavy (non-hydrogen) atoms. The second-order valence-electron chi connectivity index (χ2n) is 8.58. The molecule has 1 saturated carbocycles. The number of benzene rings is 2. The third kappa shape index (κ3) is 5.94. The minimum atomic E-state index is -0.174. The Kier molecular flexibility index (Phi) is 7.67. The van der Waals surface area contributed by atoms with Crippen LogP contribution in [0.2, 0.25) is 0 Å². The maximum atomic E-state index is 12.5. The summed E-state index contributed by atoms with van der Waals surface area (Å²) in [4.78, 5) is 25.1. The van der Waals surface area contributed by atoms with E-state index in [4.69, 9.17) is 4.74 Å². The van der Waals surface area contributed by atoms with E-state index in [1.165, 1.54) is 19.3 Å². The zero-order valence-electron chi connectivity index (χ0n) is 18.4. The lowest BCUT2D eigenvalue weighted by molar-refractivity contribution is -0.140. The molecular formula is C26H33NO3. The van der Waals surface area contributed by atoms with Crippen LogP contribution in [0.4, 0.5) is 5.69 Å². The van der Waals surface area contributed by atoms with Gasteiger partial charge in [-0.15, -0.1) is 0 Å². The molecule has 160 valence electrons. The zero-order valence-corrected chi connectivity index (χ0v) is 18.4. The summed E-state index contributed by atoms with van der Waals surface area (Å²) >= 11 is 0. The fraction of sp³-hybridized carbons (Fsp3) is 0.462. The number of ether oxygens (including phenoxy) is 1. The van der Waals surface area contributed by atoms with Gasteiger partial charge in [0, 0.05) is 11.3 Å². The molecule has 4 heteroatoms. The largest absolute Gasteiger partial charge is 0.426 e. The molecule has 3 rings (SSSR count). The molecule has 2 aromatic rings. The molecule has 2 aromatic carbocycles. The molecule has 0 unspecified atom stereocenters. The predicted octanol–water partition coefficient (Wildman–Crippen LogP) is 6.46. The van der Waals surface area contributed by atoms with Gasteiger partial charge < -0.3 is 10.1 Å². The number of hydrogen-bond acceptors (Lipinski definition) is 3. The number of carbonyl (C=O) groups is 2. The molecule has 1 fully saturated rings. The van der Waals surface area contributed by atoms with E-state index in [1.807, 2.05) is 32.0 Å². The van der Waals surface area contributed by atoms with Crippen LogP contribution in [0.3, 0.4) is 0 Å². The molecule has 1 aliphatic rings. The van der Waals surface area contributed by atoms with Gasteiger partial charge in [0.2, 0.25) is 0 Å². The second-order valence-corrected chi connectivity index (χ2v) is 8.58. The van der Waals surface area contributed by atoms with Crippen LogP contribution in [0, 0.1) is 25.7 Å². The highest BCUT2D eigenvalue weighted by atomic mass is 16.5. The minimum absolute atomic E-state index is 0.00449. The number of nitrogens with one attached hydrogen (secondary N) is 1. The van der Waals surface area contributed by atoms with Gasteiger partial charge in [0.15, 0.2) is 0 Å². The predicted molar refractivity (Wildman–Crippen MR) is 121 cm³/mol. The van der Waals surface area contributed by atoms with Crippen molar-refractivity contribution in [3.8, 4) is 5.75 Å². The van der Waals surface area contributed by atoms with E-state index in [0.29, 0.717) is 11.3 Å². The van der Waals surface area contributed by atoms with Crippen molar-refractivity contribution >= 4 is 17.6 Å². The average Bonchev–Trinajstić information content (AvgIpc) is 2.75. The number of hydrogen-bond donors (Lipinski definition) is 1. The molecule has 0 bridgehead atoms. The Labute approximate surface area is 180 Å². The van der Waals surface area contributed by atoms with E-state index in [-0.39, 0.29) is 17.8 Å². The molecule has 0 aromatic heterocycles. The second kappa shape index (κ2) is 10.4. The molecule has 0 saturated heterocycles. The quantitative estimate of drug-likeness (QED) is 0.423. The summed E-state index contributed by atoms with van der Waals surface area (Å²) in [5.41, 5.74) is 3.46. The summed E-state index contributed by atoms with van der Waals surface area (Å²) in [5.74, 6) is 0.943. The maximum Gasteiger partial charge on any atom is 0.314 e.